The highest BCUT2D eigenvalue weighted by molar-refractivity contribution is 8.26. The summed E-state index contributed by atoms with van der Waals surface area (Å²) in [6, 6.07) is 39.3. The first-order valence-corrected chi connectivity index (χ1v) is 15.9. The Morgan fingerprint density at radius 1 is 0.475 bits per heavy atom. The predicted molar refractivity (Wildman–Crippen MR) is 167 cm³/mol. The summed E-state index contributed by atoms with van der Waals surface area (Å²) in [5, 5.41) is 3.10. The summed E-state index contributed by atoms with van der Waals surface area (Å²) in [5.74, 6) is 3.14. The molecule has 0 fully saturated rings. The molecule has 3 heterocycles. The molecule has 0 radical (unpaired) electrons. The quantitative estimate of drug-likeness (QED) is 0.208. The number of fused-ring (bicyclic) bond motifs is 4. The molecule has 5 heteroatoms. The first-order chi connectivity index (χ1) is 19.7. The van der Waals surface area contributed by atoms with Gasteiger partial charge in [0.05, 0.1) is 11.3 Å². The van der Waals surface area contributed by atoms with Crippen LogP contribution in [0.3, 0.4) is 0 Å². The van der Waals surface area contributed by atoms with Gasteiger partial charge in [-0.25, -0.2) is 0 Å². The molecule has 0 spiro atoms. The van der Waals surface area contributed by atoms with Crippen molar-refractivity contribution in [1.82, 2.24) is 4.98 Å². The third kappa shape index (κ3) is 3.57. The van der Waals surface area contributed by atoms with Crippen LogP contribution in [-0.2, 0) is 11.8 Å². The lowest BCUT2D eigenvalue weighted by atomic mass is 10.0. The van der Waals surface area contributed by atoms with Crippen LogP contribution in [0.5, 0.6) is 23.0 Å². The Labute approximate surface area is 237 Å². The summed E-state index contributed by atoms with van der Waals surface area (Å²) >= 11 is 6.78. The van der Waals surface area contributed by atoms with Crippen LogP contribution in [0.25, 0.3) is 33.4 Å². The highest BCUT2D eigenvalue weighted by Crippen LogP contribution is 2.59. The van der Waals surface area contributed by atoms with Crippen molar-refractivity contribution in [2.45, 2.75) is 0 Å². The molecule has 6 aromatic rings. The second-order valence-electron chi connectivity index (χ2n) is 9.97. The van der Waals surface area contributed by atoms with Crippen molar-refractivity contribution < 1.29 is 9.47 Å². The third-order valence-electron chi connectivity index (χ3n) is 7.60. The number of hydrogen-bond acceptors (Lipinski definition) is 4. The van der Waals surface area contributed by atoms with Gasteiger partial charge in [0.25, 0.3) is 0 Å². The van der Waals surface area contributed by atoms with Gasteiger partial charge in [0.2, 0.25) is 0 Å². The van der Waals surface area contributed by atoms with Gasteiger partial charge < -0.3 is 9.47 Å². The van der Waals surface area contributed by atoms with E-state index in [-0.39, 0.29) is 0 Å². The Morgan fingerprint density at radius 2 is 0.975 bits per heavy atom. The molecule has 2 aliphatic heterocycles. The van der Waals surface area contributed by atoms with Crippen molar-refractivity contribution in [3.8, 4) is 56.4 Å². The summed E-state index contributed by atoms with van der Waals surface area (Å²) in [4.78, 5) is 4.34. The monoisotopic (exact) mass is 551 g/mol. The van der Waals surface area contributed by atoms with Crippen LogP contribution >= 0.6 is 6.04 Å². The van der Waals surface area contributed by atoms with Crippen LogP contribution in [0.1, 0.15) is 0 Å². The van der Waals surface area contributed by atoms with Gasteiger partial charge >= 0.3 is 0 Å². The minimum absolute atomic E-state index is 0.759. The standard InChI is InChI=1S/C35H22NO2PS/c40-39-33-15-13-25(23-8-3-1-4-9-23)18-29(33)37-31-20-28(27-12-7-17-36-22-27)21-32(35(31)39)38-30-19-26(14-16-34(30)39)24-10-5-2-6-11-24/h1-22H. The second-order valence-corrected chi connectivity index (χ2v) is 14.2. The van der Waals surface area contributed by atoms with Crippen molar-refractivity contribution in [2.24, 2.45) is 0 Å². The van der Waals surface area contributed by atoms with Gasteiger partial charge in [0.1, 0.15) is 23.0 Å². The highest BCUT2D eigenvalue weighted by atomic mass is 32.4. The van der Waals surface area contributed by atoms with Crippen LogP contribution in [-0.4, -0.2) is 4.98 Å². The van der Waals surface area contributed by atoms with Crippen molar-refractivity contribution in [3.63, 3.8) is 0 Å². The molecule has 0 bridgehead atoms. The molecule has 0 N–H and O–H groups in total. The molecule has 2 aliphatic rings. The van der Waals surface area contributed by atoms with E-state index in [1.807, 2.05) is 30.5 Å². The van der Waals surface area contributed by atoms with Gasteiger partial charge in [0.15, 0.2) is 0 Å². The Kier molecular flexibility index (Phi) is 5.28. The van der Waals surface area contributed by atoms with Gasteiger partial charge in [-0.3, -0.25) is 4.98 Å². The molecule has 0 saturated carbocycles. The van der Waals surface area contributed by atoms with Crippen molar-refractivity contribution >= 4 is 33.8 Å². The van der Waals surface area contributed by atoms with E-state index in [1.54, 1.807) is 6.20 Å². The fourth-order valence-corrected chi connectivity index (χ4v) is 10.1. The van der Waals surface area contributed by atoms with Crippen LogP contribution in [0.2, 0.25) is 0 Å². The minimum Gasteiger partial charge on any atom is -0.456 e. The fraction of sp³-hybridized carbons (Fsp3) is 0. The normalized spacial score (nSPS) is 13.7. The first-order valence-electron chi connectivity index (χ1n) is 13.1. The van der Waals surface area contributed by atoms with E-state index in [9.17, 15) is 0 Å². The molecule has 0 aliphatic carbocycles. The summed E-state index contributed by atoms with van der Waals surface area (Å²) in [6.45, 7) is 0. The average Bonchev–Trinajstić information content (AvgIpc) is 3.01. The Hall–Kier alpha value is -4.50. The molecule has 3 nitrogen and oxygen atoms in total. The zero-order chi connectivity index (χ0) is 26.7. The van der Waals surface area contributed by atoms with Gasteiger partial charge in [-0.1, -0.05) is 90.7 Å². The zero-order valence-corrected chi connectivity index (χ0v) is 23.0. The maximum Gasteiger partial charge on any atom is 0.140 e. The zero-order valence-electron chi connectivity index (χ0n) is 21.3. The minimum atomic E-state index is -2.48. The molecular formula is C35H22NO2PS. The van der Waals surface area contributed by atoms with Crippen LogP contribution in [0.15, 0.2) is 134 Å². The summed E-state index contributed by atoms with van der Waals surface area (Å²) in [7, 11) is 0. The van der Waals surface area contributed by atoms with Gasteiger partial charge in [-0.2, -0.15) is 0 Å². The first kappa shape index (κ1) is 23.4. The number of rotatable bonds is 3. The van der Waals surface area contributed by atoms with Crippen molar-refractivity contribution in [1.29, 1.82) is 0 Å². The van der Waals surface area contributed by atoms with E-state index in [1.165, 1.54) is 0 Å². The Balaban J connectivity index is 1.37. The lowest BCUT2D eigenvalue weighted by molar-refractivity contribution is 0.467. The maximum atomic E-state index is 6.78. The maximum absolute atomic E-state index is 6.78. The van der Waals surface area contributed by atoms with E-state index in [0.29, 0.717) is 0 Å². The van der Waals surface area contributed by atoms with E-state index in [0.717, 1.165) is 72.3 Å². The number of nitrogens with zero attached hydrogens (tertiary/aromatic N) is 1. The van der Waals surface area contributed by atoms with E-state index in [4.69, 9.17) is 21.3 Å². The summed E-state index contributed by atoms with van der Waals surface area (Å²) in [6.07, 6.45) is 3.64. The number of aromatic nitrogens is 1. The lowest BCUT2D eigenvalue weighted by Crippen LogP contribution is -2.35. The second kappa shape index (κ2) is 9.02. The Bertz CT molecular complexity index is 1860. The van der Waals surface area contributed by atoms with Gasteiger partial charge in [-0.05, 0) is 70.3 Å². The fourth-order valence-electron chi connectivity index (χ4n) is 5.69. The van der Waals surface area contributed by atoms with Crippen LogP contribution in [0.4, 0.5) is 0 Å². The number of ether oxygens (including phenoxy) is 2. The van der Waals surface area contributed by atoms with Crippen LogP contribution in [0, 0.1) is 0 Å². The third-order valence-corrected chi connectivity index (χ3v) is 12.5. The molecule has 40 heavy (non-hydrogen) atoms. The van der Waals surface area contributed by atoms with Gasteiger partial charge in [0, 0.05) is 28.6 Å². The molecule has 0 atom stereocenters. The Morgan fingerprint density at radius 3 is 1.48 bits per heavy atom. The smallest absolute Gasteiger partial charge is 0.140 e. The summed E-state index contributed by atoms with van der Waals surface area (Å²) in [5.41, 5.74) is 6.45. The highest BCUT2D eigenvalue weighted by Gasteiger charge is 2.43. The van der Waals surface area contributed by atoms with Gasteiger partial charge in [-0.15, -0.1) is 0 Å². The average molecular weight is 552 g/mol. The topological polar surface area (TPSA) is 31.4 Å². The largest absolute Gasteiger partial charge is 0.456 e. The molecule has 1 aromatic heterocycles. The summed E-state index contributed by atoms with van der Waals surface area (Å²) < 4.78 is 13.4. The van der Waals surface area contributed by atoms with E-state index < -0.39 is 6.04 Å². The lowest BCUT2D eigenvalue weighted by Gasteiger charge is -2.38. The predicted octanol–water partition coefficient (Wildman–Crippen LogP) is 8.05. The molecule has 8 rings (SSSR count). The molecule has 5 aromatic carbocycles. The van der Waals surface area contributed by atoms with E-state index >= 15 is 0 Å². The van der Waals surface area contributed by atoms with Crippen molar-refractivity contribution in [3.05, 3.63) is 134 Å². The number of hydrogen-bond donors (Lipinski definition) is 0. The molecule has 0 saturated heterocycles. The number of pyridine rings is 1. The molecule has 190 valence electrons. The SMILES string of the molecule is S=P12c3ccc(-c4ccccc4)cc3Oc3cc(-c4cccnc4)cc(c31)Oc1cc(-c3ccccc3)ccc12. The van der Waals surface area contributed by atoms with Crippen LogP contribution < -0.4 is 25.4 Å². The molecular weight excluding hydrogens is 529 g/mol. The number of benzene rings is 5. The van der Waals surface area contributed by atoms with E-state index in [2.05, 4.69) is 102 Å². The molecule has 0 unspecified atom stereocenters. The molecule has 0 amide bonds. The van der Waals surface area contributed by atoms with Crippen molar-refractivity contribution in [2.75, 3.05) is 0 Å².